The van der Waals surface area contributed by atoms with Gasteiger partial charge in [0.1, 0.15) is 0 Å². The van der Waals surface area contributed by atoms with Crippen molar-refractivity contribution in [3.05, 3.63) is 29.8 Å². The molecule has 0 unspecified atom stereocenters. The number of nitrogens with zero attached hydrogens (tertiary/aromatic N) is 1. The van der Waals surface area contributed by atoms with Crippen LogP contribution in [0.5, 0.6) is 0 Å². The number of hydrogen-bond donors (Lipinski definition) is 1. The van der Waals surface area contributed by atoms with Gasteiger partial charge in [-0.15, -0.1) is 0 Å². The smallest absolute Gasteiger partial charge is 0.238 e. The van der Waals surface area contributed by atoms with E-state index in [2.05, 4.69) is 4.90 Å². The molecule has 1 aromatic carbocycles. The van der Waals surface area contributed by atoms with Crippen LogP contribution in [0.4, 0.5) is 0 Å². The number of hydrogen-bond acceptors (Lipinski definition) is 3. The van der Waals surface area contributed by atoms with Crippen molar-refractivity contribution in [1.82, 2.24) is 4.90 Å². The van der Waals surface area contributed by atoms with Crippen LogP contribution in [-0.2, 0) is 16.4 Å². The molecule has 4 nitrogen and oxygen atoms in total. The van der Waals surface area contributed by atoms with Gasteiger partial charge in [0.15, 0.2) is 0 Å². The van der Waals surface area contributed by atoms with Gasteiger partial charge in [0.05, 0.1) is 4.90 Å². The van der Waals surface area contributed by atoms with Crippen molar-refractivity contribution in [2.75, 3.05) is 19.6 Å². The number of piperidine rings is 1. The summed E-state index contributed by atoms with van der Waals surface area (Å²) in [6, 6.07) is 7.18. The second-order valence-electron chi connectivity index (χ2n) is 8.27. The average molecular weight is 379 g/mol. The van der Waals surface area contributed by atoms with Crippen molar-refractivity contribution in [2.24, 2.45) is 17.0 Å². The van der Waals surface area contributed by atoms with Gasteiger partial charge in [-0.05, 0) is 75.2 Å². The number of likely N-dealkylation sites (tertiary alicyclic amines) is 1. The van der Waals surface area contributed by atoms with Crippen molar-refractivity contribution in [3.8, 4) is 0 Å². The van der Waals surface area contributed by atoms with Crippen molar-refractivity contribution in [1.29, 1.82) is 0 Å². The Hall–Kier alpha value is -0.910. The molecule has 0 spiro atoms. The first-order valence-corrected chi connectivity index (χ1v) is 11.9. The van der Waals surface area contributed by atoms with E-state index in [0.717, 1.165) is 30.2 Å². The van der Waals surface area contributed by atoms with E-state index in [9.17, 15) is 8.42 Å². The fraction of sp³-hybridized carbons (Fsp3) is 0.714. The highest BCUT2D eigenvalue weighted by Gasteiger charge is 2.23. The Balaban J connectivity index is 1.41. The molecule has 146 valence electrons. The summed E-state index contributed by atoms with van der Waals surface area (Å²) in [4.78, 5) is 2.95. The third kappa shape index (κ3) is 5.80. The van der Waals surface area contributed by atoms with E-state index in [1.54, 1.807) is 12.1 Å². The second kappa shape index (κ2) is 9.34. The van der Waals surface area contributed by atoms with Crippen molar-refractivity contribution < 1.29 is 8.42 Å². The van der Waals surface area contributed by atoms with Gasteiger partial charge in [0.2, 0.25) is 10.0 Å². The van der Waals surface area contributed by atoms with Gasteiger partial charge in [-0.2, -0.15) is 0 Å². The van der Waals surface area contributed by atoms with Gasteiger partial charge in [0.25, 0.3) is 0 Å². The Kier molecular flexibility index (Phi) is 7.12. The summed E-state index contributed by atoms with van der Waals surface area (Å²) in [6.45, 7) is 3.90. The molecule has 1 heterocycles. The quantitative estimate of drug-likeness (QED) is 0.781. The Morgan fingerprint density at radius 1 is 0.923 bits per heavy atom. The highest BCUT2D eigenvalue weighted by molar-refractivity contribution is 7.89. The topological polar surface area (TPSA) is 63.4 Å². The summed E-state index contributed by atoms with van der Waals surface area (Å²) < 4.78 is 23.4. The SMILES string of the molecule is NS(=O)(=O)c1ccccc1CCC1CCC(CCN2CCCCC2)CC1. The van der Waals surface area contributed by atoms with Gasteiger partial charge < -0.3 is 4.90 Å². The van der Waals surface area contributed by atoms with Crippen LogP contribution in [0.1, 0.15) is 63.4 Å². The maximum absolute atomic E-state index is 11.7. The lowest BCUT2D eigenvalue weighted by Crippen LogP contribution is -2.32. The number of nitrogens with two attached hydrogens (primary N) is 1. The molecule has 26 heavy (non-hydrogen) atoms. The van der Waals surface area contributed by atoms with E-state index < -0.39 is 10.0 Å². The molecule has 2 fully saturated rings. The zero-order chi connectivity index (χ0) is 18.4. The molecule has 2 aliphatic rings. The van der Waals surface area contributed by atoms with E-state index in [-0.39, 0.29) is 0 Å². The van der Waals surface area contributed by atoms with Crippen LogP contribution >= 0.6 is 0 Å². The molecule has 0 radical (unpaired) electrons. The van der Waals surface area contributed by atoms with Crippen molar-refractivity contribution in [2.45, 2.75) is 69.1 Å². The first-order valence-electron chi connectivity index (χ1n) is 10.4. The van der Waals surface area contributed by atoms with Gasteiger partial charge in [-0.1, -0.05) is 50.3 Å². The van der Waals surface area contributed by atoms with E-state index in [0.29, 0.717) is 4.90 Å². The van der Waals surface area contributed by atoms with Crippen molar-refractivity contribution in [3.63, 3.8) is 0 Å². The average Bonchev–Trinajstić information content (AvgIpc) is 2.66. The molecule has 0 atom stereocenters. The number of benzene rings is 1. The second-order valence-corrected chi connectivity index (χ2v) is 9.80. The van der Waals surface area contributed by atoms with Crippen LogP contribution in [0, 0.1) is 11.8 Å². The van der Waals surface area contributed by atoms with Crippen LogP contribution < -0.4 is 5.14 Å². The van der Waals surface area contributed by atoms with E-state index >= 15 is 0 Å². The normalized spacial score (nSPS) is 25.3. The molecule has 3 rings (SSSR count). The minimum absolute atomic E-state index is 0.301. The summed E-state index contributed by atoms with van der Waals surface area (Å²) in [5.74, 6) is 1.62. The molecule has 5 heteroatoms. The predicted octanol–water partition coefficient (Wildman–Crippen LogP) is 3.95. The van der Waals surface area contributed by atoms with Crippen molar-refractivity contribution >= 4 is 10.0 Å². The molecule has 0 bridgehead atoms. The molecule has 1 saturated carbocycles. The van der Waals surface area contributed by atoms with Gasteiger partial charge in [-0.3, -0.25) is 0 Å². The monoisotopic (exact) mass is 378 g/mol. The van der Waals surface area contributed by atoms with Gasteiger partial charge >= 0.3 is 0 Å². The number of primary sulfonamides is 1. The first kappa shape index (κ1) is 19.8. The third-order valence-corrected chi connectivity index (χ3v) is 7.38. The molecule has 1 aliphatic carbocycles. The molecular weight excluding hydrogens is 344 g/mol. The molecule has 1 saturated heterocycles. The molecule has 2 N–H and O–H groups in total. The van der Waals surface area contributed by atoms with Crippen LogP contribution in [0.3, 0.4) is 0 Å². The summed E-state index contributed by atoms with van der Waals surface area (Å²) in [6.07, 6.45) is 12.7. The summed E-state index contributed by atoms with van der Waals surface area (Å²) in [7, 11) is -3.62. The zero-order valence-electron chi connectivity index (χ0n) is 15.9. The maximum Gasteiger partial charge on any atom is 0.238 e. The largest absolute Gasteiger partial charge is 0.303 e. The minimum Gasteiger partial charge on any atom is -0.303 e. The lowest BCUT2D eigenvalue weighted by Gasteiger charge is -2.32. The maximum atomic E-state index is 11.7. The zero-order valence-corrected chi connectivity index (χ0v) is 16.7. The Bertz CT molecular complexity index is 660. The Morgan fingerprint density at radius 2 is 1.54 bits per heavy atom. The van der Waals surface area contributed by atoms with Crippen LogP contribution in [0.2, 0.25) is 0 Å². The van der Waals surface area contributed by atoms with E-state index in [4.69, 9.17) is 5.14 Å². The molecule has 0 aromatic heterocycles. The standard InChI is InChI=1S/C21H34N2O2S/c22-26(24,25)21-7-3-2-6-20(21)13-12-18-8-10-19(11-9-18)14-17-23-15-4-1-5-16-23/h2-3,6-7,18-19H,1,4-5,8-17H2,(H2,22,24,25). The highest BCUT2D eigenvalue weighted by Crippen LogP contribution is 2.34. The minimum atomic E-state index is -3.62. The third-order valence-electron chi connectivity index (χ3n) is 6.37. The lowest BCUT2D eigenvalue weighted by atomic mass is 9.78. The number of sulfonamides is 1. The predicted molar refractivity (Wildman–Crippen MR) is 106 cm³/mol. The summed E-state index contributed by atoms with van der Waals surface area (Å²) >= 11 is 0. The van der Waals surface area contributed by atoms with Crippen LogP contribution in [0.25, 0.3) is 0 Å². The molecule has 1 aromatic rings. The first-order chi connectivity index (χ1) is 12.5. The summed E-state index contributed by atoms with van der Waals surface area (Å²) in [5.41, 5.74) is 0.877. The lowest BCUT2D eigenvalue weighted by molar-refractivity contribution is 0.187. The Labute approximate surface area is 159 Å². The highest BCUT2D eigenvalue weighted by atomic mass is 32.2. The fourth-order valence-electron chi connectivity index (χ4n) is 4.70. The Morgan fingerprint density at radius 3 is 2.19 bits per heavy atom. The molecule has 1 aliphatic heterocycles. The van der Waals surface area contributed by atoms with Crippen LogP contribution in [-0.4, -0.2) is 33.0 Å². The van der Waals surface area contributed by atoms with Gasteiger partial charge in [-0.25, -0.2) is 13.6 Å². The van der Waals surface area contributed by atoms with E-state index in [1.807, 2.05) is 12.1 Å². The molecule has 0 amide bonds. The molecular formula is C21H34N2O2S. The fourth-order valence-corrected chi connectivity index (χ4v) is 5.51. The summed E-state index contributed by atoms with van der Waals surface area (Å²) in [5, 5.41) is 5.35. The van der Waals surface area contributed by atoms with Crippen LogP contribution in [0.15, 0.2) is 29.2 Å². The van der Waals surface area contributed by atoms with Gasteiger partial charge in [0, 0.05) is 0 Å². The number of aryl methyl sites for hydroxylation is 1. The number of rotatable bonds is 7. The van der Waals surface area contributed by atoms with E-state index in [1.165, 1.54) is 71.0 Å².